The molecular weight excluding hydrogens is 263 g/mol. The molecule has 0 aromatic carbocycles. The van der Waals surface area contributed by atoms with Crippen molar-refractivity contribution in [3.05, 3.63) is 0 Å². The minimum atomic E-state index is -4.33. The molecule has 7 heteroatoms. The van der Waals surface area contributed by atoms with Gasteiger partial charge in [0.1, 0.15) is 5.41 Å². The fraction of sp³-hybridized carbons (Fsp3) is 0.917. The lowest BCUT2D eigenvalue weighted by molar-refractivity contribution is -0.171. The highest BCUT2D eigenvalue weighted by atomic mass is 19.4. The van der Waals surface area contributed by atoms with E-state index in [1.807, 2.05) is 0 Å². The zero-order chi connectivity index (χ0) is 14.7. The number of alkyl halides is 3. The smallest absolute Gasteiger partial charge is 0.401 e. The van der Waals surface area contributed by atoms with Crippen molar-refractivity contribution in [2.24, 2.45) is 5.41 Å². The molecule has 1 fully saturated rings. The molecule has 0 aromatic rings. The van der Waals surface area contributed by atoms with Crippen molar-refractivity contribution < 1.29 is 27.8 Å². The van der Waals surface area contributed by atoms with Crippen LogP contribution in [0.15, 0.2) is 0 Å². The minimum absolute atomic E-state index is 0.0244. The van der Waals surface area contributed by atoms with E-state index < -0.39 is 24.1 Å². The molecule has 1 aliphatic heterocycles. The highest BCUT2D eigenvalue weighted by Crippen LogP contribution is 2.32. The van der Waals surface area contributed by atoms with Gasteiger partial charge < -0.3 is 9.84 Å². The van der Waals surface area contributed by atoms with Crippen molar-refractivity contribution in [1.82, 2.24) is 4.90 Å². The van der Waals surface area contributed by atoms with Crippen LogP contribution >= 0.6 is 0 Å². The van der Waals surface area contributed by atoms with Crippen LogP contribution in [0.5, 0.6) is 0 Å². The van der Waals surface area contributed by atoms with E-state index in [9.17, 15) is 23.1 Å². The second-order valence-electron chi connectivity index (χ2n) is 5.36. The van der Waals surface area contributed by atoms with Gasteiger partial charge in [-0.25, -0.2) is 0 Å². The Kier molecular flexibility index (Phi) is 5.20. The van der Waals surface area contributed by atoms with Gasteiger partial charge in [-0.1, -0.05) is 0 Å². The van der Waals surface area contributed by atoms with E-state index in [-0.39, 0.29) is 19.2 Å². The van der Waals surface area contributed by atoms with Crippen LogP contribution in [-0.2, 0) is 9.53 Å². The number of hydrogen-bond acceptors (Lipinski definition) is 3. The molecule has 0 aliphatic carbocycles. The molecule has 0 bridgehead atoms. The maximum Gasteiger partial charge on any atom is 0.401 e. The summed E-state index contributed by atoms with van der Waals surface area (Å²) in [6.07, 6.45) is -3.42. The molecule has 0 radical (unpaired) electrons. The van der Waals surface area contributed by atoms with E-state index in [4.69, 9.17) is 4.74 Å². The molecule has 1 N–H and O–H groups in total. The number of aliphatic carboxylic acids is 1. The largest absolute Gasteiger partial charge is 0.481 e. The van der Waals surface area contributed by atoms with Crippen molar-refractivity contribution in [3.8, 4) is 0 Å². The average molecular weight is 283 g/mol. The number of nitrogens with zero attached hydrogens (tertiary/aromatic N) is 1. The van der Waals surface area contributed by atoms with Crippen LogP contribution < -0.4 is 0 Å². The monoisotopic (exact) mass is 283 g/mol. The molecule has 1 saturated heterocycles. The molecule has 0 aromatic heterocycles. The Morgan fingerprint density at radius 1 is 1.47 bits per heavy atom. The molecule has 19 heavy (non-hydrogen) atoms. The maximum atomic E-state index is 12.5. The summed E-state index contributed by atoms with van der Waals surface area (Å²) < 4.78 is 42.7. The van der Waals surface area contributed by atoms with Gasteiger partial charge in [0.05, 0.1) is 13.2 Å². The third-order valence-corrected chi connectivity index (χ3v) is 3.39. The van der Waals surface area contributed by atoms with Gasteiger partial charge in [-0.05, 0) is 26.7 Å². The summed E-state index contributed by atoms with van der Waals surface area (Å²) in [5.41, 5.74) is -1.23. The van der Waals surface area contributed by atoms with Crippen LogP contribution in [0.2, 0.25) is 0 Å². The lowest BCUT2D eigenvalue weighted by Crippen LogP contribution is -2.52. The highest BCUT2D eigenvalue weighted by Gasteiger charge is 2.44. The normalized spacial score (nSPS) is 25.0. The molecule has 0 amide bonds. The maximum absolute atomic E-state index is 12.5. The highest BCUT2D eigenvalue weighted by molar-refractivity contribution is 5.75. The Balaban J connectivity index is 2.82. The number of carboxylic acid groups (broad SMARTS) is 1. The summed E-state index contributed by atoms with van der Waals surface area (Å²) in [6, 6.07) is -0.375. The third kappa shape index (κ3) is 4.65. The van der Waals surface area contributed by atoms with Gasteiger partial charge in [0.25, 0.3) is 0 Å². The Bertz CT molecular complexity index is 312. The van der Waals surface area contributed by atoms with Gasteiger partial charge in [-0.15, -0.1) is 0 Å². The fourth-order valence-electron chi connectivity index (χ4n) is 2.25. The van der Waals surface area contributed by atoms with Gasteiger partial charge in [0.2, 0.25) is 0 Å². The first-order valence-electron chi connectivity index (χ1n) is 6.28. The Hall–Kier alpha value is -0.820. The third-order valence-electron chi connectivity index (χ3n) is 3.39. The number of halogens is 3. The van der Waals surface area contributed by atoms with E-state index in [0.717, 1.165) is 4.90 Å². The molecule has 112 valence electrons. The Morgan fingerprint density at radius 3 is 2.47 bits per heavy atom. The Morgan fingerprint density at radius 2 is 2.11 bits per heavy atom. The van der Waals surface area contributed by atoms with Crippen LogP contribution in [0, 0.1) is 5.41 Å². The zero-order valence-corrected chi connectivity index (χ0v) is 11.2. The SMILES string of the molecule is CC(C)N(CC(F)(F)F)CC1(C(=O)O)CCCOC1. The van der Waals surface area contributed by atoms with Crippen LogP contribution in [0.1, 0.15) is 26.7 Å². The molecule has 0 spiro atoms. The van der Waals surface area contributed by atoms with E-state index in [1.54, 1.807) is 13.8 Å². The van der Waals surface area contributed by atoms with Crippen molar-refractivity contribution in [1.29, 1.82) is 0 Å². The molecule has 1 unspecified atom stereocenters. The minimum Gasteiger partial charge on any atom is -0.481 e. The number of carboxylic acids is 1. The predicted octanol–water partition coefficient (Wildman–Crippen LogP) is 2.14. The van der Waals surface area contributed by atoms with E-state index in [0.29, 0.717) is 19.4 Å². The second-order valence-corrected chi connectivity index (χ2v) is 5.36. The molecule has 1 heterocycles. The van der Waals surface area contributed by atoms with Crippen LogP contribution in [-0.4, -0.2) is 54.5 Å². The van der Waals surface area contributed by atoms with Crippen LogP contribution in [0.25, 0.3) is 0 Å². The Labute approximate surface area is 110 Å². The summed E-state index contributed by atoms with van der Waals surface area (Å²) >= 11 is 0. The van der Waals surface area contributed by atoms with E-state index in [1.165, 1.54) is 0 Å². The van der Waals surface area contributed by atoms with Crippen molar-refractivity contribution >= 4 is 5.97 Å². The first-order valence-corrected chi connectivity index (χ1v) is 6.28. The lowest BCUT2D eigenvalue weighted by Gasteiger charge is -2.39. The molecule has 4 nitrogen and oxygen atoms in total. The first-order chi connectivity index (χ1) is 8.66. The first kappa shape index (κ1) is 16.2. The topological polar surface area (TPSA) is 49.8 Å². The lowest BCUT2D eigenvalue weighted by atomic mass is 9.81. The summed E-state index contributed by atoms with van der Waals surface area (Å²) in [4.78, 5) is 12.6. The zero-order valence-electron chi connectivity index (χ0n) is 11.2. The van der Waals surface area contributed by atoms with Gasteiger partial charge in [-0.2, -0.15) is 13.2 Å². The van der Waals surface area contributed by atoms with Crippen LogP contribution in [0.4, 0.5) is 13.2 Å². The quantitative estimate of drug-likeness (QED) is 0.840. The predicted molar refractivity (Wildman–Crippen MR) is 62.9 cm³/mol. The number of rotatable bonds is 5. The molecule has 1 rings (SSSR count). The van der Waals surface area contributed by atoms with Crippen molar-refractivity contribution in [2.75, 3.05) is 26.3 Å². The summed E-state index contributed by atoms with van der Waals surface area (Å²) in [6.45, 7) is 2.47. The number of carbonyl (C=O) groups is 1. The van der Waals surface area contributed by atoms with Gasteiger partial charge in [0.15, 0.2) is 0 Å². The molecule has 1 aliphatic rings. The van der Waals surface area contributed by atoms with Crippen LogP contribution in [0.3, 0.4) is 0 Å². The fourth-order valence-corrected chi connectivity index (χ4v) is 2.25. The van der Waals surface area contributed by atoms with E-state index in [2.05, 4.69) is 0 Å². The second kappa shape index (κ2) is 6.09. The van der Waals surface area contributed by atoms with Gasteiger partial charge >= 0.3 is 12.1 Å². The summed E-state index contributed by atoms with van der Waals surface area (Å²) in [7, 11) is 0. The number of hydrogen-bond donors (Lipinski definition) is 1. The van der Waals surface area contributed by atoms with Crippen molar-refractivity contribution in [3.63, 3.8) is 0 Å². The standard InChI is InChI=1S/C12H20F3NO3/c1-9(2)16(7-12(13,14)15)6-11(10(17)18)4-3-5-19-8-11/h9H,3-8H2,1-2H3,(H,17,18). The summed E-state index contributed by atoms with van der Waals surface area (Å²) in [5, 5.41) is 9.33. The van der Waals surface area contributed by atoms with Gasteiger partial charge in [-0.3, -0.25) is 9.69 Å². The number of ether oxygens (including phenoxy) is 1. The molecular formula is C12H20F3NO3. The van der Waals surface area contributed by atoms with Gasteiger partial charge in [0, 0.05) is 19.2 Å². The molecule has 1 atom stereocenters. The summed E-state index contributed by atoms with van der Waals surface area (Å²) in [5.74, 6) is -1.08. The van der Waals surface area contributed by atoms with Crippen molar-refractivity contribution in [2.45, 2.75) is 38.9 Å². The average Bonchev–Trinajstić information content (AvgIpc) is 2.27. The molecule has 0 saturated carbocycles. The van der Waals surface area contributed by atoms with E-state index >= 15 is 0 Å².